The first kappa shape index (κ1) is 12.3. The molecule has 2 N–H and O–H groups in total. The largest absolute Gasteiger partial charge is 0.368 e. The molecule has 5 heteroatoms. The van der Waals surface area contributed by atoms with Crippen LogP contribution >= 0.6 is 11.3 Å². The highest BCUT2D eigenvalue weighted by molar-refractivity contribution is 7.18. The van der Waals surface area contributed by atoms with Gasteiger partial charge in [0.15, 0.2) is 0 Å². The highest BCUT2D eigenvalue weighted by Gasteiger charge is 2.06. The summed E-state index contributed by atoms with van der Waals surface area (Å²) in [5.41, 5.74) is 0. The fourth-order valence-electron chi connectivity index (χ4n) is 1.67. The fourth-order valence-corrected chi connectivity index (χ4v) is 2.60. The molecule has 0 aliphatic rings. The van der Waals surface area contributed by atoms with Crippen LogP contribution in [0, 0.1) is 0 Å². The second kappa shape index (κ2) is 5.93. The predicted molar refractivity (Wildman–Crippen MR) is 73.8 cm³/mol. The molecule has 0 radical (unpaired) electrons. The third kappa shape index (κ3) is 2.92. The zero-order valence-electron chi connectivity index (χ0n) is 10.3. The van der Waals surface area contributed by atoms with Gasteiger partial charge in [-0.3, -0.25) is 0 Å². The fraction of sp³-hybridized carbons (Fsp3) is 0.500. The predicted octanol–water partition coefficient (Wildman–Crippen LogP) is 2.28. The number of fused-ring (bicyclic) bond motifs is 1. The Hall–Kier alpha value is -1.20. The van der Waals surface area contributed by atoms with E-state index in [0.29, 0.717) is 0 Å². The minimum Gasteiger partial charge on any atom is -0.368 e. The zero-order valence-corrected chi connectivity index (χ0v) is 11.1. The van der Waals surface area contributed by atoms with E-state index in [2.05, 4.69) is 40.5 Å². The van der Waals surface area contributed by atoms with Crippen molar-refractivity contribution in [3.8, 4) is 0 Å². The molecule has 2 heterocycles. The van der Waals surface area contributed by atoms with Crippen molar-refractivity contribution < 1.29 is 0 Å². The van der Waals surface area contributed by atoms with Crippen LogP contribution in [0.15, 0.2) is 12.4 Å². The summed E-state index contributed by atoms with van der Waals surface area (Å²) in [5, 5.41) is 7.78. The number of likely N-dealkylation sites (N-methyl/N-ethyl adjacent to an activating group) is 1. The first-order valence-electron chi connectivity index (χ1n) is 6.03. The normalized spacial score (nSPS) is 10.9. The maximum Gasteiger partial charge on any atom is 0.138 e. The maximum atomic E-state index is 4.31. The monoisotopic (exact) mass is 250 g/mol. The first-order valence-corrected chi connectivity index (χ1v) is 6.84. The molecule has 92 valence electrons. The number of aromatic nitrogens is 2. The van der Waals surface area contributed by atoms with Crippen molar-refractivity contribution in [3.05, 3.63) is 17.3 Å². The van der Waals surface area contributed by atoms with E-state index in [1.807, 2.05) is 0 Å². The SMILES string of the molecule is CCNCCNc1ncnc2sc(CC)cc12. The number of rotatable bonds is 6. The van der Waals surface area contributed by atoms with Crippen LogP contribution < -0.4 is 10.6 Å². The van der Waals surface area contributed by atoms with Crippen molar-refractivity contribution in [1.82, 2.24) is 15.3 Å². The summed E-state index contributed by atoms with van der Waals surface area (Å²) in [4.78, 5) is 11.0. The lowest BCUT2D eigenvalue weighted by Crippen LogP contribution is -2.21. The van der Waals surface area contributed by atoms with Gasteiger partial charge >= 0.3 is 0 Å². The average molecular weight is 250 g/mol. The molecule has 0 atom stereocenters. The summed E-state index contributed by atoms with van der Waals surface area (Å²) < 4.78 is 0. The van der Waals surface area contributed by atoms with Gasteiger partial charge in [-0.2, -0.15) is 0 Å². The summed E-state index contributed by atoms with van der Waals surface area (Å²) in [7, 11) is 0. The van der Waals surface area contributed by atoms with Crippen LogP contribution in [-0.4, -0.2) is 29.6 Å². The minimum atomic E-state index is 0.886. The van der Waals surface area contributed by atoms with E-state index in [-0.39, 0.29) is 0 Å². The molecule has 0 spiro atoms. The van der Waals surface area contributed by atoms with Gasteiger partial charge in [0, 0.05) is 18.0 Å². The molecule has 0 fully saturated rings. The molecule has 0 aliphatic carbocycles. The van der Waals surface area contributed by atoms with Crippen LogP contribution in [0.5, 0.6) is 0 Å². The molecule has 17 heavy (non-hydrogen) atoms. The topological polar surface area (TPSA) is 49.8 Å². The Morgan fingerprint density at radius 3 is 2.88 bits per heavy atom. The van der Waals surface area contributed by atoms with Crippen molar-refractivity contribution in [2.45, 2.75) is 20.3 Å². The third-order valence-electron chi connectivity index (χ3n) is 2.57. The molecule has 0 amide bonds. The van der Waals surface area contributed by atoms with Crippen LogP contribution in [0.4, 0.5) is 5.82 Å². The highest BCUT2D eigenvalue weighted by Crippen LogP contribution is 2.28. The van der Waals surface area contributed by atoms with Crippen molar-refractivity contribution >= 4 is 27.4 Å². The third-order valence-corrected chi connectivity index (χ3v) is 3.76. The molecule has 0 aliphatic heterocycles. The van der Waals surface area contributed by atoms with Gasteiger partial charge in [0.05, 0.1) is 5.39 Å². The Kier molecular flexibility index (Phi) is 4.28. The Balaban J connectivity index is 2.13. The van der Waals surface area contributed by atoms with Gasteiger partial charge in [0.25, 0.3) is 0 Å². The molecule has 2 rings (SSSR count). The lowest BCUT2D eigenvalue weighted by atomic mass is 10.3. The van der Waals surface area contributed by atoms with Gasteiger partial charge in [0.2, 0.25) is 0 Å². The Morgan fingerprint density at radius 2 is 2.12 bits per heavy atom. The van der Waals surface area contributed by atoms with E-state index in [0.717, 1.165) is 42.1 Å². The smallest absolute Gasteiger partial charge is 0.138 e. The lowest BCUT2D eigenvalue weighted by molar-refractivity contribution is 0.738. The molecule has 0 bridgehead atoms. The van der Waals surface area contributed by atoms with Crippen LogP contribution in [-0.2, 0) is 6.42 Å². The van der Waals surface area contributed by atoms with Crippen molar-refractivity contribution in [3.63, 3.8) is 0 Å². The molecule has 0 saturated heterocycles. The van der Waals surface area contributed by atoms with Gasteiger partial charge < -0.3 is 10.6 Å². The minimum absolute atomic E-state index is 0.886. The molecular weight excluding hydrogens is 232 g/mol. The van der Waals surface area contributed by atoms with Crippen molar-refractivity contribution in [1.29, 1.82) is 0 Å². The summed E-state index contributed by atoms with van der Waals surface area (Å²) in [6, 6.07) is 2.19. The standard InChI is InChI=1S/C12H18N4S/c1-3-9-7-10-11(14-6-5-13-4-2)15-8-16-12(10)17-9/h7-8,13H,3-6H2,1-2H3,(H,14,15,16). The number of aryl methyl sites for hydroxylation is 1. The summed E-state index contributed by atoms with van der Waals surface area (Å²) in [6.07, 6.45) is 2.69. The van der Waals surface area contributed by atoms with Crippen LogP contribution in [0.1, 0.15) is 18.7 Å². The molecule has 0 saturated carbocycles. The highest BCUT2D eigenvalue weighted by atomic mass is 32.1. The zero-order chi connectivity index (χ0) is 12.1. The second-order valence-corrected chi connectivity index (χ2v) is 4.90. The number of nitrogens with one attached hydrogen (secondary N) is 2. The molecular formula is C12H18N4S. The van der Waals surface area contributed by atoms with E-state index in [1.54, 1.807) is 17.7 Å². The summed E-state index contributed by atoms with van der Waals surface area (Å²) >= 11 is 1.75. The second-order valence-electron chi connectivity index (χ2n) is 3.79. The molecule has 0 aromatic carbocycles. The van der Waals surface area contributed by atoms with Crippen LogP contribution in [0.2, 0.25) is 0 Å². The maximum absolute atomic E-state index is 4.31. The molecule has 4 nitrogen and oxygen atoms in total. The summed E-state index contributed by atoms with van der Waals surface area (Å²) in [5.74, 6) is 0.948. The van der Waals surface area contributed by atoms with E-state index in [1.165, 1.54) is 4.88 Å². The van der Waals surface area contributed by atoms with Crippen LogP contribution in [0.3, 0.4) is 0 Å². The number of hydrogen-bond donors (Lipinski definition) is 2. The van der Waals surface area contributed by atoms with Gasteiger partial charge in [-0.05, 0) is 19.0 Å². The van der Waals surface area contributed by atoms with E-state index in [9.17, 15) is 0 Å². The Labute approximate surface area is 105 Å². The molecule has 2 aromatic rings. The number of anilines is 1. The number of thiophene rings is 1. The molecule has 2 aromatic heterocycles. The van der Waals surface area contributed by atoms with E-state index in [4.69, 9.17) is 0 Å². The van der Waals surface area contributed by atoms with Crippen LogP contribution in [0.25, 0.3) is 10.2 Å². The lowest BCUT2D eigenvalue weighted by Gasteiger charge is -2.06. The summed E-state index contributed by atoms with van der Waals surface area (Å²) in [6.45, 7) is 7.11. The Bertz CT molecular complexity index is 480. The van der Waals surface area contributed by atoms with E-state index >= 15 is 0 Å². The van der Waals surface area contributed by atoms with Gasteiger partial charge in [-0.15, -0.1) is 11.3 Å². The van der Waals surface area contributed by atoms with Crippen molar-refractivity contribution in [2.24, 2.45) is 0 Å². The number of hydrogen-bond acceptors (Lipinski definition) is 5. The van der Waals surface area contributed by atoms with Gasteiger partial charge in [0.1, 0.15) is 17.0 Å². The first-order chi connectivity index (χ1) is 8.35. The average Bonchev–Trinajstić information content (AvgIpc) is 2.78. The van der Waals surface area contributed by atoms with Gasteiger partial charge in [-0.1, -0.05) is 13.8 Å². The Morgan fingerprint density at radius 1 is 1.24 bits per heavy atom. The molecule has 0 unspecified atom stereocenters. The van der Waals surface area contributed by atoms with Gasteiger partial charge in [-0.25, -0.2) is 9.97 Å². The quantitative estimate of drug-likeness (QED) is 0.772. The van der Waals surface area contributed by atoms with Crippen molar-refractivity contribution in [2.75, 3.05) is 25.0 Å². The van der Waals surface area contributed by atoms with E-state index < -0.39 is 0 Å². The number of nitrogens with zero attached hydrogens (tertiary/aromatic N) is 2.